The first kappa shape index (κ1) is 7.41. The Kier molecular flexibility index (Phi) is 2.85. The van der Waals surface area contributed by atoms with Gasteiger partial charge in [-0.05, 0) is 16.0 Å². The summed E-state index contributed by atoms with van der Waals surface area (Å²) in [7, 11) is 0. The third-order valence-electron chi connectivity index (χ3n) is 1.33. The molecule has 0 fully saturated rings. The largest absolute Gasteiger partial charge is 0.392 e. The molecule has 1 unspecified atom stereocenters. The van der Waals surface area contributed by atoms with Crippen LogP contribution in [-0.4, -0.2) is 19.6 Å². The molecule has 0 aromatic rings. The average molecular weight is 238 g/mol. The van der Waals surface area contributed by atoms with Gasteiger partial charge < -0.3 is 5.11 Å². The second-order valence-corrected chi connectivity index (χ2v) is 5.00. The Balaban J connectivity index is 2.52. The molecule has 0 aliphatic carbocycles. The third kappa shape index (κ3) is 1.86. The second-order valence-electron chi connectivity index (χ2n) is 2.06. The summed E-state index contributed by atoms with van der Waals surface area (Å²) in [6, 6.07) is 0. The molecule has 0 amide bonds. The maximum Gasteiger partial charge on any atom is 0.0683 e. The van der Waals surface area contributed by atoms with E-state index >= 15 is 0 Å². The van der Waals surface area contributed by atoms with Crippen LogP contribution in [0.4, 0.5) is 0 Å². The van der Waals surface area contributed by atoms with Crippen LogP contribution >= 0.6 is 20.7 Å². The molecule has 9 heavy (non-hydrogen) atoms. The molecular formula is C7H11IO. The van der Waals surface area contributed by atoms with Crippen LogP contribution in [0.3, 0.4) is 0 Å². The minimum atomic E-state index is 0.246. The SMILES string of the molecule is CCC1C=C(CO)C=I1. The number of allylic oxidation sites excluding steroid dienone is 1. The van der Waals surface area contributed by atoms with E-state index in [0.717, 1.165) is 9.50 Å². The van der Waals surface area contributed by atoms with Gasteiger partial charge >= 0.3 is 0 Å². The van der Waals surface area contributed by atoms with E-state index in [-0.39, 0.29) is 27.3 Å². The Morgan fingerprint density at radius 1 is 1.78 bits per heavy atom. The molecule has 0 bridgehead atoms. The molecule has 1 aliphatic rings. The van der Waals surface area contributed by atoms with E-state index in [1.165, 1.54) is 6.42 Å². The topological polar surface area (TPSA) is 20.2 Å². The highest BCUT2D eigenvalue weighted by Gasteiger charge is 2.05. The van der Waals surface area contributed by atoms with Crippen LogP contribution in [0.15, 0.2) is 11.6 Å². The van der Waals surface area contributed by atoms with E-state index in [4.69, 9.17) is 5.11 Å². The number of halogens is 1. The Morgan fingerprint density at radius 3 is 2.89 bits per heavy atom. The van der Waals surface area contributed by atoms with Crippen molar-refractivity contribution >= 4 is 24.7 Å². The highest BCUT2D eigenvalue weighted by Crippen LogP contribution is 2.22. The fourth-order valence-electron chi connectivity index (χ4n) is 0.761. The van der Waals surface area contributed by atoms with Crippen LogP contribution < -0.4 is 0 Å². The van der Waals surface area contributed by atoms with Crippen molar-refractivity contribution in [2.75, 3.05) is 6.61 Å². The third-order valence-corrected chi connectivity index (χ3v) is 4.66. The van der Waals surface area contributed by atoms with Gasteiger partial charge in [-0.3, -0.25) is 0 Å². The first-order valence-corrected chi connectivity index (χ1v) is 5.62. The molecule has 1 atom stereocenters. The molecular weight excluding hydrogens is 227 g/mol. The summed E-state index contributed by atoms with van der Waals surface area (Å²) in [5.41, 5.74) is 1.16. The smallest absolute Gasteiger partial charge is 0.0683 e. The number of rotatable bonds is 2. The summed E-state index contributed by atoms with van der Waals surface area (Å²) in [4.78, 5) is 0. The average Bonchev–Trinajstić information content (AvgIpc) is 2.34. The van der Waals surface area contributed by atoms with Gasteiger partial charge in [-0.15, -0.1) is 20.7 Å². The lowest BCUT2D eigenvalue weighted by Gasteiger charge is -1.94. The summed E-state index contributed by atoms with van der Waals surface area (Å²) in [5, 5.41) is 8.70. The molecule has 0 aromatic heterocycles. The van der Waals surface area contributed by atoms with E-state index < -0.39 is 0 Å². The van der Waals surface area contributed by atoms with Crippen LogP contribution in [0.5, 0.6) is 0 Å². The van der Waals surface area contributed by atoms with Gasteiger partial charge in [0.1, 0.15) is 0 Å². The van der Waals surface area contributed by atoms with Gasteiger partial charge in [0.15, 0.2) is 0 Å². The molecule has 1 heterocycles. The molecule has 1 aliphatic heterocycles. The van der Waals surface area contributed by atoms with Crippen LogP contribution in [0.1, 0.15) is 13.3 Å². The standard InChI is InChI=1S/C7H11IO/c1-2-7-3-6(5-9)4-8-7/h3-4,7,9H,2,5H2,1H3. The quantitative estimate of drug-likeness (QED) is 0.570. The highest BCUT2D eigenvalue weighted by molar-refractivity contribution is 14.2. The van der Waals surface area contributed by atoms with E-state index in [0.29, 0.717) is 0 Å². The van der Waals surface area contributed by atoms with Crippen molar-refractivity contribution in [3.63, 3.8) is 0 Å². The maximum absolute atomic E-state index is 8.70. The Bertz CT molecular complexity index is 149. The summed E-state index contributed by atoms with van der Waals surface area (Å²) in [5.74, 6) is 0. The van der Waals surface area contributed by atoms with Gasteiger partial charge in [0.05, 0.1) is 6.61 Å². The van der Waals surface area contributed by atoms with Crippen LogP contribution in [0.2, 0.25) is 0 Å². The van der Waals surface area contributed by atoms with Gasteiger partial charge in [-0.25, -0.2) is 0 Å². The van der Waals surface area contributed by atoms with E-state index in [2.05, 4.69) is 17.0 Å². The summed E-state index contributed by atoms with van der Waals surface area (Å²) in [6.45, 7) is 2.45. The van der Waals surface area contributed by atoms with Crippen molar-refractivity contribution < 1.29 is 5.11 Å². The van der Waals surface area contributed by atoms with Crippen molar-refractivity contribution in [3.8, 4) is 0 Å². The van der Waals surface area contributed by atoms with Crippen molar-refractivity contribution in [3.05, 3.63) is 11.6 Å². The van der Waals surface area contributed by atoms with Crippen LogP contribution in [0, 0.1) is 0 Å². The van der Waals surface area contributed by atoms with Gasteiger partial charge in [0, 0.05) is 3.92 Å². The van der Waals surface area contributed by atoms with E-state index in [1.807, 2.05) is 0 Å². The molecule has 0 aromatic carbocycles. The zero-order valence-corrected chi connectivity index (χ0v) is 7.63. The lowest BCUT2D eigenvalue weighted by Crippen LogP contribution is -1.90. The van der Waals surface area contributed by atoms with Gasteiger partial charge in [-0.2, -0.15) is 0 Å². The minimum absolute atomic E-state index is 0.246. The van der Waals surface area contributed by atoms with Crippen molar-refractivity contribution in [2.45, 2.75) is 17.3 Å². The number of aliphatic hydroxyl groups excluding tert-OH is 1. The zero-order chi connectivity index (χ0) is 6.69. The van der Waals surface area contributed by atoms with Crippen LogP contribution in [-0.2, 0) is 0 Å². The number of aliphatic hydroxyl groups is 1. The highest BCUT2D eigenvalue weighted by atomic mass is 127. The Morgan fingerprint density at radius 2 is 2.56 bits per heavy atom. The molecule has 1 rings (SSSR count). The Labute approximate surface area is 65.5 Å². The van der Waals surface area contributed by atoms with E-state index in [1.54, 1.807) is 0 Å². The predicted molar refractivity (Wildman–Crippen MR) is 49.3 cm³/mol. The lowest BCUT2D eigenvalue weighted by molar-refractivity contribution is 0.337. The summed E-state index contributed by atoms with van der Waals surface area (Å²) < 4.78 is 3.04. The van der Waals surface area contributed by atoms with Crippen molar-refractivity contribution in [1.29, 1.82) is 0 Å². The van der Waals surface area contributed by atoms with Crippen LogP contribution in [0.25, 0.3) is 0 Å². The molecule has 0 saturated heterocycles. The van der Waals surface area contributed by atoms with Crippen molar-refractivity contribution in [1.82, 2.24) is 0 Å². The lowest BCUT2D eigenvalue weighted by atomic mass is 10.2. The minimum Gasteiger partial charge on any atom is -0.392 e. The normalized spacial score (nSPS) is 25.6. The Hall–Kier alpha value is 0.300. The number of hydrogen-bond donors (Lipinski definition) is 1. The molecule has 1 nitrogen and oxygen atoms in total. The zero-order valence-electron chi connectivity index (χ0n) is 5.47. The fourth-order valence-corrected chi connectivity index (χ4v) is 3.27. The first-order chi connectivity index (χ1) is 4.36. The molecule has 2 heteroatoms. The monoisotopic (exact) mass is 238 g/mol. The fraction of sp³-hybridized carbons (Fsp3) is 0.571. The van der Waals surface area contributed by atoms with Gasteiger partial charge in [0.2, 0.25) is 0 Å². The maximum atomic E-state index is 8.70. The summed E-state index contributed by atoms with van der Waals surface area (Å²) in [6.07, 6.45) is 3.46. The number of hydrogen-bond acceptors (Lipinski definition) is 1. The summed E-state index contributed by atoms with van der Waals surface area (Å²) >= 11 is 0.252. The first-order valence-electron chi connectivity index (χ1n) is 3.13. The van der Waals surface area contributed by atoms with Crippen molar-refractivity contribution in [2.24, 2.45) is 0 Å². The van der Waals surface area contributed by atoms with E-state index in [9.17, 15) is 0 Å². The molecule has 0 radical (unpaired) electrons. The van der Waals surface area contributed by atoms with Gasteiger partial charge in [-0.1, -0.05) is 13.0 Å². The molecule has 52 valence electrons. The molecule has 0 saturated carbocycles. The predicted octanol–water partition coefficient (Wildman–Crippen LogP) is 1.47. The van der Waals surface area contributed by atoms with Gasteiger partial charge in [0.25, 0.3) is 0 Å². The second kappa shape index (κ2) is 3.46. The molecule has 1 N–H and O–H groups in total. The number of alkyl halides is 1. The molecule has 0 spiro atoms.